The van der Waals surface area contributed by atoms with E-state index >= 15 is 0 Å². The molecule has 1 aromatic rings. The Hall–Kier alpha value is -1.07. The molecule has 0 fully saturated rings. The maximum Gasteiger partial charge on any atom is 0.411 e. The molecule has 0 aliphatic carbocycles. The van der Waals surface area contributed by atoms with Crippen molar-refractivity contribution in [2.75, 3.05) is 7.05 Å². The second-order valence-corrected chi connectivity index (χ2v) is 6.73. The molecule has 0 radical (unpaired) electrons. The summed E-state index contributed by atoms with van der Waals surface area (Å²) in [7, 11) is 1.53. The number of likely N-dealkylation sites (N-methyl/N-ethyl adjacent to an activating group) is 1. The monoisotopic (exact) mass is 303 g/mol. The van der Waals surface area contributed by atoms with E-state index < -0.39 is 17.2 Å². The van der Waals surface area contributed by atoms with Gasteiger partial charge in [0.15, 0.2) is 6.29 Å². The van der Waals surface area contributed by atoms with Crippen LogP contribution in [0, 0.1) is 0 Å². The zero-order valence-corrected chi connectivity index (χ0v) is 13.3. The van der Waals surface area contributed by atoms with Crippen molar-refractivity contribution in [3.05, 3.63) is 21.3 Å². The van der Waals surface area contributed by atoms with Crippen LogP contribution < -0.4 is 0 Å². The van der Waals surface area contributed by atoms with Crippen molar-refractivity contribution < 1.29 is 14.3 Å². The van der Waals surface area contributed by atoms with E-state index in [0.717, 1.165) is 0 Å². The van der Waals surface area contributed by atoms with Gasteiger partial charge in [0.2, 0.25) is 0 Å². The van der Waals surface area contributed by atoms with E-state index in [9.17, 15) is 9.59 Å². The Morgan fingerprint density at radius 3 is 2.37 bits per heavy atom. The summed E-state index contributed by atoms with van der Waals surface area (Å²) in [4.78, 5) is 25.5. The molecule has 1 unspecified atom stereocenters. The number of amides is 1. The van der Waals surface area contributed by atoms with Gasteiger partial charge in [-0.2, -0.15) is 0 Å². The zero-order valence-electron chi connectivity index (χ0n) is 11.7. The molecule has 1 heterocycles. The van der Waals surface area contributed by atoms with Gasteiger partial charge in [-0.05, 0) is 39.1 Å². The van der Waals surface area contributed by atoms with Crippen LogP contribution in [0.5, 0.6) is 0 Å². The SMILES string of the molecule is CN(C(=O)OC(C)(C)C)C(C)(C=O)c1sccc1Cl. The third kappa shape index (κ3) is 3.48. The first kappa shape index (κ1) is 16.0. The molecule has 6 heteroatoms. The van der Waals surface area contributed by atoms with E-state index in [1.54, 1.807) is 39.1 Å². The largest absolute Gasteiger partial charge is 0.444 e. The van der Waals surface area contributed by atoms with Crippen LogP contribution in [0.1, 0.15) is 32.6 Å². The van der Waals surface area contributed by atoms with Crippen LogP contribution in [0.4, 0.5) is 4.79 Å². The van der Waals surface area contributed by atoms with E-state index in [0.29, 0.717) is 16.2 Å². The van der Waals surface area contributed by atoms with Crippen LogP contribution in [0.25, 0.3) is 0 Å². The number of rotatable bonds is 3. The van der Waals surface area contributed by atoms with E-state index in [1.165, 1.54) is 23.3 Å². The summed E-state index contributed by atoms with van der Waals surface area (Å²) in [6.45, 7) is 6.96. The van der Waals surface area contributed by atoms with Crippen LogP contribution in [-0.4, -0.2) is 29.9 Å². The second-order valence-electron chi connectivity index (χ2n) is 5.40. The summed E-state index contributed by atoms with van der Waals surface area (Å²) in [5.41, 5.74) is -1.75. The van der Waals surface area contributed by atoms with Gasteiger partial charge in [0.05, 0.1) is 9.90 Å². The smallest absolute Gasteiger partial charge is 0.411 e. The predicted molar refractivity (Wildman–Crippen MR) is 76.7 cm³/mol. The third-order valence-electron chi connectivity index (χ3n) is 2.67. The average molecular weight is 304 g/mol. The highest BCUT2D eigenvalue weighted by atomic mass is 35.5. The van der Waals surface area contributed by atoms with Crippen molar-refractivity contribution in [3.63, 3.8) is 0 Å². The van der Waals surface area contributed by atoms with Gasteiger partial charge >= 0.3 is 6.09 Å². The first-order valence-corrected chi connectivity index (χ1v) is 7.04. The molecule has 1 amide bonds. The molecule has 0 saturated carbocycles. The van der Waals surface area contributed by atoms with E-state index in [-0.39, 0.29) is 0 Å². The highest BCUT2D eigenvalue weighted by Crippen LogP contribution is 2.36. The highest BCUT2D eigenvalue weighted by molar-refractivity contribution is 7.10. The van der Waals surface area contributed by atoms with Crippen LogP contribution in [0.2, 0.25) is 5.02 Å². The van der Waals surface area contributed by atoms with Crippen molar-refractivity contribution >= 4 is 35.3 Å². The molecule has 1 rings (SSSR count). The van der Waals surface area contributed by atoms with E-state index in [4.69, 9.17) is 16.3 Å². The fraction of sp³-hybridized carbons (Fsp3) is 0.538. The molecule has 0 bridgehead atoms. The minimum absolute atomic E-state index is 0.468. The number of carbonyl (C=O) groups is 2. The molecule has 0 aliphatic rings. The summed E-state index contributed by atoms with van der Waals surface area (Å²) in [6.07, 6.45) is 0.140. The van der Waals surface area contributed by atoms with Crippen molar-refractivity contribution in [2.45, 2.75) is 38.8 Å². The van der Waals surface area contributed by atoms with Crippen molar-refractivity contribution in [3.8, 4) is 0 Å². The Morgan fingerprint density at radius 1 is 1.42 bits per heavy atom. The molecule has 4 nitrogen and oxygen atoms in total. The van der Waals surface area contributed by atoms with Gasteiger partial charge in [0.1, 0.15) is 11.1 Å². The van der Waals surface area contributed by atoms with Gasteiger partial charge in [-0.25, -0.2) is 4.79 Å². The molecule has 1 aromatic heterocycles. The van der Waals surface area contributed by atoms with Crippen LogP contribution >= 0.6 is 22.9 Å². The van der Waals surface area contributed by atoms with Gasteiger partial charge in [0, 0.05) is 7.05 Å². The zero-order chi connectivity index (χ0) is 14.8. The quantitative estimate of drug-likeness (QED) is 0.800. The Kier molecular flexibility index (Phi) is 4.63. The Balaban J connectivity index is 3.06. The highest BCUT2D eigenvalue weighted by Gasteiger charge is 2.39. The average Bonchev–Trinajstić information content (AvgIpc) is 2.71. The molecule has 0 saturated heterocycles. The molecule has 0 aromatic carbocycles. The molecule has 0 spiro atoms. The van der Waals surface area contributed by atoms with Gasteiger partial charge in [-0.15, -0.1) is 11.3 Å². The fourth-order valence-electron chi connectivity index (χ4n) is 1.46. The Morgan fingerprint density at radius 2 is 2.00 bits per heavy atom. The lowest BCUT2D eigenvalue weighted by Crippen LogP contribution is -2.47. The normalized spacial score (nSPS) is 14.6. The minimum atomic E-state index is -1.13. The minimum Gasteiger partial charge on any atom is -0.444 e. The van der Waals surface area contributed by atoms with E-state index in [2.05, 4.69) is 0 Å². The molecule has 1 atom stereocenters. The first-order chi connectivity index (χ1) is 8.62. The number of carbonyl (C=O) groups excluding carboxylic acids is 2. The van der Waals surface area contributed by atoms with Crippen LogP contribution in [0.3, 0.4) is 0 Å². The standard InChI is InChI=1S/C13H18ClNO3S/c1-12(2,3)18-11(17)15(5)13(4,8-16)10-9(14)6-7-19-10/h6-8H,1-5H3. The number of halogens is 1. The van der Waals surface area contributed by atoms with E-state index in [1.807, 2.05) is 0 Å². The maximum absolute atomic E-state index is 12.1. The van der Waals surface area contributed by atoms with Crippen molar-refractivity contribution in [1.29, 1.82) is 0 Å². The number of thiophene rings is 1. The lowest BCUT2D eigenvalue weighted by Gasteiger charge is -2.34. The number of ether oxygens (including phenoxy) is 1. The number of aldehydes is 1. The Bertz CT molecular complexity index is 480. The molecule has 106 valence electrons. The van der Waals surface area contributed by atoms with Crippen molar-refractivity contribution in [2.24, 2.45) is 0 Å². The molecule has 0 N–H and O–H groups in total. The maximum atomic E-state index is 12.1. The predicted octanol–water partition coefficient (Wildman–Crippen LogP) is 3.68. The lowest BCUT2D eigenvalue weighted by atomic mass is 10.0. The fourth-order valence-corrected chi connectivity index (χ4v) is 2.87. The lowest BCUT2D eigenvalue weighted by molar-refractivity contribution is -0.117. The molecular formula is C13H18ClNO3S. The van der Waals surface area contributed by atoms with Gasteiger partial charge < -0.3 is 9.53 Å². The molecule has 0 aliphatic heterocycles. The Labute approximate surface area is 122 Å². The summed E-state index contributed by atoms with van der Waals surface area (Å²) in [5.74, 6) is 0. The van der Waals surface area contributed by atoms with Gasteiger partial charge in [0.25, 0.3) is 0 Å². The summed E-state index contributed by atoms with van der Waals surface area (Å²) in [5, 5.41) is 2.25. The third-order valence-corrected chi connectivity index (χ3v) is 4.24. The summed E-state index contributed by atoms with van der Waals surface area (Å²) >= 11 is 7.39. The number of nitrogens with zero attached hydrogens (tertiary/aromatic N) is 1. The first-order valence-electron chi connectivity index (χ1n) is 5.78. The van der Waals surface area contributed by atoms with Gasteiger partial charge in [-0.3, -0.25) is 4.90 Å². The number of hydrogen-bond donors (Lipinski definition) is 0. The summed E-state index contributed by atoms with van der Waals surface area (Å²) < 4.78 is 5.28. The second kappa shape index (κ2) is 5.51. The molecular weight excluding hydrogens is 286 g/mol. The van der Waals surface area contributed by atoms with Gasteiger partial charge in [-0.1, -0.05) is 11.6 Å². The number of hydrogen-bond acceptors (Lipinski definition) is 4. The molecule has 19 heavy (non-hydrogen) atoms. The van der Waals surface area contributed by atoms with Crippen molar-refractivity contribution in [1.82, 2.24) is 4.90 Å². The van der Waals surface area contributed by atoms with Crippen LogP contribution in [-0.2, 0) is 15.1 Å². The summed E-state index contributed by atoms with van der Waals surface area (Å²) in [6, 6.07) is 1.70. The van der Waals surface area contributed by atoms with Crippen LogP contribution in [0.15, 0.2) is 11.4 Å². The topological polar surface area (TPSA) is 46.6 Å².